The van der Waals surface area contributed by atoms with Crippen molar-refractivity contribution in [3.8, 4) is 11.1 Å². The Balaban J connectivity index is 1.87. The van der Waals surface area contributed by atoms with E-state index in [1.807, 2.05) is 75.4 Å². The van der Waals surface area contributed by atoms with E-state index in [1.165, 1.54) is 12.1 Å². The van der Waals surface area contributed by atoms with Gasteiger partial charge in [0.2, 0.25) is 11.8 Å². The second-order valence-corrected chi connectivity index (χ2v) is 9.25. The topological polar surface area (TPSA) is 40.6 Å². The highest BCUT2D eigenvalue weighted by Crippen LogP contribution is 2.25. The molecule has 0 fully saturated rings. The summed E-state index contributed by atoms with van der Waals surface area (Å²) in [4.78, 5) is 30.3. The van der Waals surface area contributed by atoms with Crippen molar-refractivity contribution < 1.29 is 14.0 Å². The fourth-order valence-electron chi connectivity index (χ4n) is 4.21. The molecule has 0 spiro atoms. The molecule has 0 radical (unpaired) electrons. The second-order valence-electron chi connectivity index (χ2n) is 9.25. The van der Waals surface area contributed by atoms with Gasteiger partial charge < -0.3 is 9.80 Å². The number of nitrogens with zero attached hydrogens (tertiary/aromatic N) is 2. The van der Waals surface area contributed by atoms with Gasteiger partial charge in [-0.2, -0.15) is 0 Å². The van der Waals surface area contributed by atoms with Crippen LogP contribution in [0.5, 0.6) is 0 Å². The van der Waals surface area contributed by atoms with Gasteiger partial charge in [-0.25, -0.2) is 4.39 Å². The molecule has 0 saturated carbocycles. The third-order valence-electron chi connectivity index (χ3n) is 6.24. The third-order valence-corrected chi connectivity index (χ3v) is 6.24. The number of benzene rings is 3. The van der Waals surface area contributed by atoms with Crippen molar-refractivity contribution in [1.82, 2.24) is 4.90 Å². The summed E-state index contributed by atoms with van der Waals surface area (Å²) >= 11 is 0. The van der Waals surface area contributed by atoms with Crippen LogP contribution in [-0.2, 0) is 16.1 Å². The van der Waals surface area contributed by atoms with Crippen molar-refractivity contribution in [2.45, 2.75) is 52.6 Å². The lowest BCUT2D eigenvalue weighted by Crippen LogP contribution is -2.52. The molecule has 184 valence electrons. The molecular weight excluding hydrogens is 439 g/mol. The minimum Gasteiger partial charge on any atom is -0.326 e. The van der Waals surface area contributed by atoms with Gasteiger partial charge in [-0.1, -0.05) is 81.8 Å². The zero-order chi connectivity index (χ0) is 25.4. The van der Waals surface area contributed by atoms with Crippen LogP contribution in [0.4, 0.5) is 10.1 Å². The Morgan fingerprint density at radius 1 is 0.857 bits per heavy atom. The van der Waals surface area contributed by atoms with Gasteiger partial charge in [-0.3, -0.25) is 9.59 Å². The minimum absolute atomic E-state index is 0.0592. The molecule has 0 N–H and O–H groups in total. The number of likely N-dealkylation sites (N-methyl/N-ethyl adjacent to an activating group) is 1. The lowest BCUT2D eigenvalue weighted by Gasteiger charge is -2.36. The van der Waals surface area contributed by atoms with Gasteiger partial charge in [0, 0.05) is 25.7 Å². The quantitative estimate of drug-likeness (QED) is 0.328. The zero-order valence-corrected chi connectivity index (χ0v) is 21.1. The summed E-state index contributed by atoms with van der Waals surface area (Å²) in [5, 5.41) is 0. The standard InChI is InChI=1S/C30H35FN2O2/c1-5-6-12-28(34)33(21-23-13-17-26(31)18-14-23)29(22(2)3)30(35)32(4)27-19-15-25(16-20-27)24-10-8-7-9-11-24/h7-11,13-20,22,29H,5-6,12,21H2,1-4H3/t29-/m0/s1. The Morgan fingerprint density at radius 3 is 2.03 bits per heavy atom. The van der Waals surface area contributed by atoms with Crippen molar-refractivity contribution in [1.29, 1.82) is 0 Å². The maximum atomic E-state index is 13.8. The van der Waals surface area contributed by atoms with Gasteiger partial charge in [-0.15, -0.1) is 0 Å². The van der Waals surface area contributed by atoms with Gasteiger partial charge >= 0.3 is 0 Å². The van der Waals surface area contributed by atoms with E-state index in [-0.39, 0.29) is 30.1 Å². The predicted molar refractivity (Wildman–Crippen MR) is 140 cm³/mol. The average molecular weight is 475 g/mol. The van der Waals surface area contributed by atoms with Crippen LogP contribution in [0, 0.1) is 11.7 Å². The predicted octanol–water partition coefficient (Wildman–Crippen LogP) is 6.70. The molecular formula is C30H35FN2O2. The van der Waals surface area contributed by atoms with E-state index in [1.54, 1.807) is 29.0 Å². The second kappa shape index (κ2) is 12.3. The van der Waals surface area contributed by atoms with Crippen molar-refractivity contribution >= 4 is 17.5 Å². The van der Waals surface area contributed by atoms with E-state index in [9.17, 15) is 14.0 Å². The molecule has 1 atom stereocenters. The Hall–Kier alpha value is -3.47. The monoisotopic (exact) mass is 474 g/mol. The number of anilines is 1. The summed E-state index contributed by atoms with van der Waals surface area (Å²) in [7, 11) is 1.75. The third kappa shape index (κ3) is 6.78. The maximum absolute atomic E-state index is 13.8. The van der Waals surface area contributed by atoms with Crippen LogP contribution in [0.25, 0.3) is 11.1 Å². The van der Waals surface area contributed by atoms with E-state index in [4.69, 9.17) is 0 Å². The van der Waals surface area contributed by atoms with Crippen molar-refractivity contribution in [3.05, 3.63) is 90.2 Å². The highest BCUT2D eigenvalue weighted by molar-refractivity contribution is 5.99. The van der Waals surface area contributed by atoms with Gasteiger partial charge in [0.05, 0.1) is 0 Å². The minimum atomic E-state index is -0.636. The summed E-state index contributed by atoms with van der Waals surface area (Å²) in [6, 6.07) is 23.4. The molecule has 35 heavy (non-hydrogen) atoms. The molecule has 0 aliphatic carbocycles. The number of hydrogen-bond acceptors (Lipinski definition) is 2. The summed E-state index contributed by atoms with van der Waals surface area (Å²) in [5.41, 5.74) is 3.75. The molecule has 2 amide bonds. The molecule has 3 aromatic carbocycles. The maximum Gasteiger partial charge on any atom is 0.249 e. The molecule has 3 aromatic rings. The van der Waals surface area contributed by atoms with Crippen LogP contribution in [0.2, 0.25) is 0 Å². The molecule has 0 bridgehead atoms. The van der Waals surface area contributed by atoms with Crippen molar-refractivity contribution in [3.63, 3.8) is 0 Å². The molecule has 4 nitrogen and oxygen atoms in total. The first kappa shape index (κ1) is 26.1. The first-order chi connectivity index (χ1) is 16.8. The lowest BCUT2D eigenvalue weighted by atomic mass is 9.98. The van der Waals surface area contributed by atoms with Crippen molar-refractivity contribution in [2.75, 3.05) is 11.9 Å². The van der Waals surface area contributed by atoms with Crippen LogP contribution in [0.3, 0.4) is 0 Å². The average Bonchev–Trinajstić information content (AvgIpc) is 2.88. The number of carbonyl (C=O) groups is 2. The highest BCUT2D eigenvalue weighted by atomic mass is 19.1. The van der Waals surface area contributed by atoms with Gasteiger partial charge in [0.15, 0.2) is 0 Å². The largest absolute Gasteiger partial charge is 0.326 e. The van der Waals surface area contributed by atoms with Crippen LogP contribution in [0.15, 0.2) is 78.9 Å². The molecule has 5 heteroatoms. The van der Waals surface area contributed by atoms with Crippen LogP contribution < -0.4 is 4.90 Å². The fourth-order valence-corrected chi connectivity index (χ4v) is 4.21. The lowest BCUT2D eigenvalue weighted by molar-refractivity contribution is -0.141. The summed E-state index contributed by atoms with van der Waals surface area (Å²) in [6.07, 6.45) is 2.03. The summed E-state index contributed by atoms with van der Waals surface area (Å²) in [5.74, 6) is -0.622. The SMILES string of the molecule is CCCCC(=O)N(Cc1ccc(F)cc1)[C@H](C(=O)N(C)c1ccc(-c2ccccc2)cc1)C(C)C. The number of hydrogen-bond donors (Lipinski definition) is 0. The van der Waals surface area contributed by atoms with Gasteiger partial charge in [0.1, 0.15) is 11.9 Å². The van der Waals surface area contributed by atoms with Crippen LogP contribution in [0.1, 0.15) is 45.6 Å². The van der Waals surface area contributed by atoms with E-state index in [0.29, 0.717) is 6.42 Å². The smallest absolute Gasteiger partial charge is 0.249 e. The number of amides is 2. The number of rotatable bonds is 10. The van der Waals surface area contributed by atoms with E-state index >= 15 is 0 Å². The van der Waals surface area contributed by atoms with Crippen LogP contribution >= 0.6 is 0 Å². The van der Waals surface area contributed by atoms with E-state index in [0.717, 1.165) is 35.2 Å². The van der Waals surface area contributed by atoms with Crippen LogP contribution in [-0.4, -0.2) is 29.8 Å². The highest BCUT2D eigenvalue weighted by Gasteiger charge is 2.34. The molecule has 0 unspecified atom stereocenters. The fraction of sp³-hybridized carbons (Fsp3) is 0.333. The van der Waals surface area contributed by atoms with Gasteiger partial charge in [-0.05, 0) is 53.3 Å². The Labute approximate surface area is 208 Å². The molecule has 3 rings (SSSR count). The molecule has 0 saturated heterocycles. The molecule has 0 heterocycles. The van der Waals surface area contributed by atoms with Gasteiger partial charge in [0.25, 0.3) is 0 Å². The molecule has 0 aliphatic rings. The van der Waals surface area contributed by atoms with E-state index < -0.39 is 6.04 Å². The Kier molecular flexibility index (Phi) is 9.18. The Morgan fingerprint density at radius 2 is 1.46 bits per heavy atom. The normalized spacial score (nSPS) is 11.8. The number of halogens is 1. The van der Waals surface area contributed by atoms with E-state index in [2.05, 4.69) is 0 Å². The zero-order valence-electron chi connectivity index (χ0n) is 21.1. The molecule has 0 aliphatic heterocycles. The first-order valence-corrected chi connectivity index (χ1v) is 12.3. The number of carbonyl (C=O) groups excluding carboxylic acids is 2. The number of unbranched alkanes of at least 4 members (excludes halogenated alkanes) is 1. The summed E-state index contributed by atoms with van der Waals surface area (Å²) in [6.45, 7) is 6.22. The summed E-state index contributed by atoms with van der Waals surface area (Å²) < 4.78 is 13.5. The molecule has 0 aromatic heterocycles. The first-order valence-electron chi connectivity index (χ1n) is 12.3. The Bertz CT molecular complexity index is 1100. The van der Waals surface area contributed by atoms with Crippen molar-refractivity contribution in [2.24, 2.45) is 5.92 Å².